The van der Waals surface area contributed by atoms with E-state index < -0.39 is 256 Å². The average molecular weight is 1680 g/mol. The molecular weight excluding hydrogens is 1590 g/mol. The Hall–Kier alpha value is -10.1. The number of fused-ring (bicyclic) bond motifs is 14. The molecule has 6 aromatic rings. The van der Waals surface area contributed by atoms with Crippen molar-refractivity contribution in [2.75, 3.05) is 13.7 Å². The van der Waals surface area contributed by atoms with Gasteiger partial charge in [-0.2, -0.15) is 0 Å². The molecule has 0 spiro atoms. The monoisotopic (exact) mass is 1680 g/mol. The molecule has 3 fully saturated rings. The van der Waals surface area contributed by atoms with E-state index in [1.165, 1.54) is 63.4 Å². The van der Waals surface area contributed by atoms with Crippen molar-refractivity contribution in [2.24, 2.45) is 17.4 Å². The smallest absolute Gasteiger partial charge is 0.330 e. The predicted octanol–water partition coefficient (Wildman–Crippen LogP) is 2.17. The number of halogens is 2. The summed E-state index contributed by atoms with van der Waals surface area (Å²) in [4.78, 5) is 121. The number of benzene rings is 6. The molecule has 9 bridgehead atoms. The average Bonchev–Trinajstić information content (AvgIpc) is 0.973. The molecule has 36 nitrogen and oxygen atoms in total. The SMILES string of the molecule is CNC(CC(C)C)C(=O)NC1C(=O)NC(CC(N)=O)C(=O)NC2C(=O)NC3C(=O)NC(C(=O)NC(C(=O)O)c4cc(O)cc(O)c4-c4c(O)cccc43)C(O[C@@H]3CC(C)(N)[C@H](O)[C@@H](C)O3)c3ccc(cc3)Oc3cc2cc(c3O[C@@H]2O[C@H](CO)[C@@H](O)[C@H](O)[C@H]2O[C@H]2C[C@](C)(NCc3ccc(Cl)cc3)[C@H](O)[C@H](C)O2)Oc2ccc(cc2Cl)C1O. The van der Waals surface area contributed by atoms with Gasteiger partial charge < -0.3 is 143 Å². The number of aromatic hydroxyl groups is 3. The summed E-state index contributed by atoms with van der Waals surface area (Å²) in [5.74, 6) is -16.0. The van der Waals surface area contributed by atoms with Gasteiger partial charge >= 0.3 is 5.97 Å². The van der Waals surface area contributed by atoms with E-state index in [-0.39, 0.29) is 59.4 Å². The van der Waals surface area contributed by atoms with E-state index >= 15 is 24.0 Å². The molecule has 8 heterocycles. The van der Waals surface area contributed by atoms with Crippen LogP contribution in [0.1, 0.15) is 131 Å². The van der Waals surface area contributed by atoms with Gasteiger partial charge in [0.1, 0.15) is 89.5 Å². The summed E-state index contributed by atoms with van der Waals surface area (Å²) in [6, 6.07) is 8.25. The number of rotatable bonds is 18. The Kier molecular flexibility index (Phi) is 26.5. The molecular formula is C80H94Cl2N10O26. The molecule has 0 aliphatic carbocycles. The summed E-state index contributed by atoms with van der Waals surface area (Å²) in [7, 11) is 1.48. The number of carbonyl (C=O) groups is 8. The van der Waals surface area contributed by atoms with Crippen molar-refractivity contribution in [3.05, 3.63) is 153 Å². The fourth-order valence-corrected chi connectivity index (χ4v) is 15.7. The zero-order chi connectivity index (χ0) is 85.4. The van der Waals surface area contributed by atoms with Crippen LogP contribution in [0.2, 0.25) is 10.0 Å². The fourth-order valence-electron chi connectivity index (χ4n) is 15.4. The number of carboxylic acid groups (broad SMARTS) is 1. The Bertz CT molecular complexity index is 4780. The maximum Gasteiger partial charge on any atom is 0.330 e. The van der Waals surface area contributed by atoms with Crippen LogP contribution in [-0.2, 0) is 68.6 Å². The van der Waals surface area contributed by atoms with E-state index in [4.69, 9.17) is 72.6 Å². The second-order valence-corrected chi connectivity index (χ2v) is 31.8. The molecule has 634 valence electrons. The summed E-state index contributed by atoms with van der Waals surface area (Å²) in [6.07, 6.45) is -22.5. The molecule has 0 radical (unpaired) electrons. The number of amides is 7. The van der Waals surface area contributed by atoms with Crippen molar-refractivity contribution in [2.45, 2.75) is 207 Å². The van der Waals surface area contributed by atoms with Crippen LogP contribution in [0, 0.1) is 5.92 Å². The van der Waals surface area contributed by atoms with Crippen LogP contribution < -0.4 is 68.2 Å². The zero-order valence-corrected chi connectivity index (χ0v) is 66.2. The highest BCUT2D eigenvalue weighted by Crippen LogP contribution is 2.51. The van der Waals surface area contributed by atoms with Gasteiger partial charge in [-0.15, -0.1) is 0 Å². The second kappa shape index (κ2) is 35.8. The van der Waals surface area contributed by atoms with Crippen LogP contribution in [-0.4, -0.2) is 215 Å². The number of phenols is 3. The Labute approximate surface area is 685 Å². The minimum atomic E-state index is -2.41. The first-order valence-electron chi connectivity index (χ1n) is 37.9. The Morgan fingerprint density at radius 1 is 0.669 bits per heavy atom. The van der Waals surface area contributed by atoms with Crippen molar-refractivity contribution in [3.63, 3.8) is 0 Å². The van der Waals surface area contributed by atoms with E-state index in [1.807, 2.05) is 13.8 Å². The lowest BCUT2D eigenvalue weighted by Crippen LogP contribution is -2.65. The van der Waals surface area contributed by atoms with Gasteiger partial charge in [0.2, 0.25) is 53.4 Å². The first-order chi connectivity index (χ1) is 55.8. The maximum atomic E-state index is 16.6. The van der Waals surface area contributed by atoms with E-state index in [0.717, 1.165) is 48.0 Å². The van der Waals surface area contributed by atoms with Crippen molar-refractivity contribution >= 4 is 70.5 Å². The van der Waals surface area contributed by atoms with Crippen LogP contribution in [0.4, 0.5) is 0 Å². The largest absolute Gasteiger partial charge is 0.508 e. The van der Waals surface area contributed by atoms with Crippen LogP contribution in [0.15, 0.2) is 109 Å². The Morgan fingerprint density at radius 3 is 1.96 bits per heavy atom. The van der Waals surface area contributed by atoms with Crippen molar-refractivity contribution < 1.29 is 127 Å². The number of nitrogens with two attached hydrogens (primary N) is 2. The highest BCUT2D eigenvalue weighted by Gasteiger charge is 2.53. The summed E-state index contributed by atoms with van der Waals surface area (Å²) < 4.78 is 52.6. The predicted molar refractivity (Wildman–Crippen MR) is 415 cm³/mol. The van der Waals surface area contributed by atoms with Crippen LogP contribution in [0.3, 0.4) is 0 Å². The third kappa shape index (κ3) is 18.8. The normalized spacial score (nSPS) is 30.8. The van der Waals surface area contributed by atoms with Crippen molar-refractivity contribution in [1.82, 2.24) is 42.5 Å². The molecule has 22 atom stereocenters. The van der Waals surface area contributed by atoms with Crippen LogP contribution >= 0.6 is 23.2 Å². The third-order valence-corrected chi connectivity index (χ3v) is 22.2. The van der Waals surface area contributed by atoms with E-state index in [9.17, 15) is 65.4 Å². The molecule has 8 aliphatic rings. The molecule has 14 rings (SSSR count). The van der Waals surface area contributed by atoms with Gasteiger partial charge in [-0.05, 0) is 136 Å². The lowest BCUT2D eigenvalue weighted by molar-refractivity contribution is -0.334. The van der Waals surface area contributed by atoms with Crippen LogP contribution in [0.5, 0.6) is 46.0 Å². The minimum absolute atomic E-state index is 0.0497. The van der Waals surface area contributed by atoms with E-state index in [2.05, 4.69) is 42.5 Å². The summed E-state index contributed by atoms with van der Waals surface area (Å²) >= 11 is 13.4. The summed E-state index contributed by atoms with van der Waals surface area (Å²) in [5, 5.41) is 138. The zero-order valence-electron chi connectivity index (χ0n) is 64.7. The first-order valence-corrected chi connectivity index (χ1v) is 38.6. The van der Waals surface area contributed by atoms with Gasteiger partial charge in [0, 0.05) is 58.2 Å². The van der Waals surface area contributed by atoms with Crippen molar-refractivity contribution in [3.8, 4) is 57.1 Å². The minimum Gasteiger partial charge on any atom is -0.508 e. The lowest BCUT2D eigenvalue weighted by Gasteiger charge is -2.48. The maximum absolute atomic E-state index is 16.6. The number of aliphatic hydroxyl groups excluding tert-OH is 6. The van der Waals surface area contributed by atoms with Gasteiger partial charge in [0.15, 0.2) is 36.2 Å². The molecule has 0 aromatic heterocycles. The number of phenolic OH excluding ortho intramolecular Hbond substituents is 3. The summed E-state index contributed by atoms with van der Waals surface area (Å²) in [5.41, 5.74) is 7.51. The molecule has 8 aliphatic heterocycles. The molecule has 7 amide bonds. The number of likely N-dealkylation sites (N-methyl/N-ethyl adjacent to an activating group) is 1. The van der Waals surface area contributed by atoms with E-state index in [1.54, 1.807) is 38.1 Å². The number of carboxylic acids is 1. The highest BCUT2D eigenvalue weighted by atomic mass is 35.5. The van der Waals surface area contributed by atoms with Crippen molar-refractivity contribution in [1.29, 1.82) is 0 Å². The first kappa shape index (κ1) is 87.2. The molecule has 118 heavy (non-hydrogen) atoms. The standard InChI is InChI=1S/C80H94Cl2N10O26/c1-32(2)21-45(85-7)71(103)91-61-63(98)37-15-20-49(44(82)22-37)114-51-24-38-23-50(67(51)118-78-68(65(100)64(99)52(31-93)115-78)117-55-29-80(6,70(102)34(4)112-55)86-30-35-11-16-39(81)17-12-35)113-41-18-13-36(14-19-41)66(116-54-28-79(5,84)69(101)33(3)111-54)62-76(108)90-60(77(109)110)43-25-40(94)26-48(96)57(43)56-42(9-8-10-47(56)95)59(74(106)92-62)89-73(105)58(38)88-72(104)46(27-53(83)97)87-75(61)107/h8-20,22-26,32-34,45-46,52,54-55,58-66,68-70,78,85-86,93-96,98-102H,21,27-31,84H2,1-7H3,(H2,83,97)(H,87,107)(H,88,104)(H,89,105)(H,90,108)(H,91,103)(H,92,106)(H,109,110)/t33-,34+,45?,46?,52-,54-,55+,58?,59?,60?,61?,62?,63?,64-,65+,66?,68-,69-,70-,78+,79?,80+/m1/s1. The van der Waals surface area contributed by atoms with Gasteiger partial charge in [-0.3, -0.25) is 33.6 Å². The van der Waals surface area contributed by atoms with Gasteiger partial charge in [-0.25, -0.2) is 4.79 Å². The number of nitrogens with one attached hydrogen (secondary N) is 8. The quantitative estimate of drug-likeness (QED) is 0.0586. The summed E-state index contributed by atoms with van der Waals surface area (Å²) in [6.45, 7) is 9.09. The number of aliphatic carboxylic acids is 1. The van der Waals surface area contributed by atoms with Gasteiger partial charge in [-0.1, -0.05) is 79.5 Å². The molecule has 3 saturated heterocycles. The Balaban J connectivity index is 1.10. The van der Waals surface area contributed by atoms with Gasteiger partial charge in [0.25, 0.3) is 0 Å². The molecule has 22 N–H and O–H groups in total. The van der Waals surface area contributed by atoms with Gasteiger partial charge in [0.05, 0.1) is 48.5 Å². The number of aliphatic hydroxyl groups is 6. The Morgan fingerprint density at radius 2 is 1.31 bits per heavy atom. The fraction of sp³-hybridized carbons (Fsp3) is 0.450. The highest BCUT2D eigenvalue weighted by molar-refractivity contribution is 6.32. The molecule has 6 aromatic carbocycles. The molecule has 10 unspecified atom stereocenters. The number of ether oxygens (including phenoxy) is 8. The number of carbonyl (C=O) groups excluding carboxylic acids is 7. The third-order valence-electron chi connectivity index (χ3n) is 21.7. The number of hydrogen-bond acceptors (Lipinski definition) is 28. The lowest BCUT2D eigenvalue weighted by atomic mass is 9.84. The molecule has 38 heteroatoms. The topological polar surface area (TPSA) is 561 Å². The van der Waals surface area contributed by atoms with E-state index in [0.29, 0.717) is 5.02 Å². The molecule has 0 saturated carbocycles. The number of hydrogen-bond donors (Lipinski definition) is 20. The van der Waals surface area contributed by atoms with Crippen LogP contribution in [0.25, 0.3) is 11.1 Å². The second-order valence-electron chi connectivity index (χ2n) is 31.0. The number of primary amides is 1.